The first-order valence-corrected chi connectivity index (χ1v) is 7.65. The minimum Gasteiger partial charge on any atom is -0.460 e. The first-order valence-electron chi connectivity index (χ1n) is 7.65. The van der Waals surface area contributed by atoms with Gasteiger partial charge in [0.1, 0.15) is 13.2 Å². The van der Waals surface area contributed by atoms with Crippen molar-refractivity contribution >= 4 is 11.9 Å². The van der Waals surface area contributed by atoms with Crippen LogP contribution in [0.25, 0.3) is 0 Å². The number of hydrogen-bond donors (Lipinski definition) is 1. The topological polar surface area (TPSA) is 55.4 Å². The Morgan fingerprint density at radius 3 is 2.35 bits per heavy atom. The highest BCUT2D eigenvalue weighted by Gasteiger charge is 2.07. The maximum Gasteiger partial charge on any atom is 0.325 e. The van der Waals surface area contributed by atoms with Crippen molar-refractivity contribution in [1.82, 2.24) is 5.32 Å². The van der Waals surface area contributed by atoms with Crippen LogP contribution in [0, 0.1) is 6.92 Å². The van der Waals surface area contributed by atoms with E-state index in [1.54, 1.807) is 0 Å². The van der Waals surface area contributed by atoms with Gasteiger partial charge in [0.05, 0.1) is 0 Å². The minimum atomic E-state index is -0.433. The quantitative estimate of drug-likeness (QED) is 0.800. The smallest absolute Gasteiger partial charge is 0.325 e. The number of benzene rings is 2. The molecule has 0 saturated heterocycles. The van der Waals surface area contributed by atoms with Gasteiger partial charge in [-0.25, -0.2) is 0 Å². The Balaban J connectivity index is 1.63. The summed E-state index contributed by atoms with van der Waals surface area (Å²) in [6.45, 7) is 2.15. The third-order valence-electron chi connectivity index (χ3n) is 3.43. The van der Waals surface area contributed by atoms with Crippen molar-refractivity contribution in [3.63, 3.8) is 0 Å². The van der Waals surface area contributed by atoms with E-state index < -0.39 is 5.97 Å². The van der Waals surface area contributed by atoms with Gasteiger partial charge in [-0.15, -0.1) is 0 Å². The molecule has 120 valence electrons. The number of hydrogen-bond acceptors (Lipinski definition) is 3. The molecule has 1 amide bonds. The molecule has 2 aromatic carbocycles. The predicted molar refractivity (Wildman–Crippen MR) is 88.7 cm³/mol. The lowest BCUT2D eigenvalue weighted by Gasteiger charge is -2.07. The molecular weight excluding hydrogens is 290 g/mol. The van der Waals surface area contributed by atoms with Gasteiger partial charge in [-0.05, 0) is 24.5 Å². The van der Waals surface area contributed by atoms with Crippen LogP contribution >= 0.6 is 0 Å². The lowest BCUT2D eigenvalue weighted by molar-refractivity contribution is -0.145. The van der Waals surface area contributed by atoms with E-state index in [1.807, 2.05) is 61.5 Å². The van der Waals surface area contributed by atoms with Crippen LogP contribution in [-0.2, 0) is 27.4 Å². The van der Waals surface area contributed by atoms with Gasteiger partial charge in [0.25, 0.3) is 0 Å². The third kappa shape index (κ3) is 6.34. The summed E-state index contributed by atoms with van der Waals surface area (Å²) in [4.78, 5) is 23.3. The summed E-state index contributed by atoms with van der Waals surface area (Å²) in [5.74, 6) is -0.584. The number of carbonyl (C=O) groups is 2. The van der Waals surface area contributed by atoms with E-state index in [4.69, 9.17) is 4.74 Å². The maximum atomic E-state index is 11.7. The molecule has 1 N–H and O–H groups in total. The van der Waals surface area contributed by atoms with Crippen LogP contribution in [0.4, 0.5) is 0 Å². The van der Waals surface area contributed by atoms with Crippen LogP contribution in [0.5, 0.6) is 0 Å². The minimum absolute atomic E-state index is 0.0977. The zero-order valence-corrected chi connectivity index (χ0v) is 13.2. The molecular formula is C19H21NO3. The Hall–Kier alpha value is -2.62. The molecule has 0 bridgehead atoms. The third-order valence-corrected chi connectivity index (χ3v) is 3.43. The largest absolute Gasteiger partial charge is 0.460 e. The molecule has 0 atom stereocenters. The second kappa shape index (κ2) is 8.73. The average molecular weight is 311 g/mol. The average Bonchev–Trinajstić information content (AvgIpc) is 2.58. The molecule has 0 aliphatic rings. The number of nitrogens with one attached hydrogen (secondary N) is 1. The second-order valence-electron chi connectivity index (χ2n) is 5.41. The molecule has 0 fully saturated rings. The molecule has 2 aromatic rings. The first kappa shape index (κ1) is 16.7. The number of aryl methyl sites for hydroxylation is 2. The summed E-state index contributed by atoms with van der Waals surface area (Å²) in [6, 6.07) is 17.5. The van der Waals surface area contributed by atoms with E-state index in [0.717, 1.165) is 11.1 Å². The van der Waals surface area contributed by atoms with Crippen molar-refractivity contribution in [2.24, 2.45) is 0 Å². The van der Waals surface area contributed by atoms with Gasteiger partial charge in [-0.3, -0.25) is 9.59 Å². The Kier molecular flexibility index (Phi) is 6.36. The summed E-state index contributed by atoms with van der Waals surface area (Å²) in [7, 11) is 0. The molecule has 0 aliphatic heterocycles. The molecule has 0 radical (unpaired) electrons. The van der Waals surface area contributed by atoms with E-state index >= 15 is 0 Å². The van der Waals surface area contributed by atoms with E-state index in [9.17, 15) is 9.59 Å². The lowest BCUT2D eigenvalue weighted by atomic mass is 10.1. The van der Waals surface area contributed by atoms with E-state index in [2.05, 4.69) is 5.32 Å². The van der Waals surface area contributed by atoms with Gasteiger partial charge in [0, 0.05) is 6.42 Å². The van der Waals surface area contributed by atoms with Crippen molar-refractivity contribution in [2.75, 3.05) is 6.54 Å². The van der Waals surface area contributed by atoms with Crippen LogP contribution in [-0.4, -0.2) is 18.4 Å². The van der Waals surface area contributed by atoms with Crippen LogP contribution in [0.15, 0.2) is 54.6 Å². The predicted octanol–water partition coefficient (Wildman–Crippen LogP) is 2.79. The van der Waals surface area contributed by atoms with Crippen molar-refractivity contribution in [1.29, 1.82) is 0 Å². The van der Waals surface area contributed by atoms with E-state index in [-0.39, 0.29) is 19.1 Å². The van der Waals surface area contributed by atoms with Crippen molar-refractivity contribution < 1.29 is 14.3 Å². The van der Waals surface area contributed by atoms with Crippen molar-refractivity contribution in [3.05, 3.63) is 71.3 Å². The normalized spacial score (nSPS) is 10.1. The van der Waals surface area contributed by atoms with E-state index in [1.165, 1.54) is 5.56 Å². The molecule has 4 heteroatoms. The Morgan fingerprint density at radius 1 is 0.957 bits per heavy atom. The van der Waals surface area contributed by atoms with Crippen LogP contribution in [0.1, 0.15) is 23.1 Å². The molecule has 0 aromatic heterocycles. The Bertz CT molecular complexity index is 635. The molecule has 0 spiro atoms. The summed E-state index contributed by atoms with van der Waals surface area (Å²) in [6.07, 6.45) is 1.01. The molecule has 0 unspecified atom stereocenters. The van der Waals surface area contributed by atoms with Crippen molar-refractivity contribution in [3.8, 4) is 0 Å². The van der Waals surface area contributed by atoms with Gasteiger partial charge >= 0.3 is 5.97 Å². The SMILES string of the molecule is Cc1ccc(CCC(=O)NCC(=O)OCc2ccccc2)cc1. The zero-order chi connectivity index (χ0) is 16.5. The van der Waals surface area contributed by atoms with Crippen molar-refractivity contribution in [2.45, 2.75) is 26.4 Å². The summed E-state index contributed by atoms with van der Waals surface area (Å²) in [5, 5.41) is 2.59. The summed E-state index contributed by atoms with van der Waals surface area (Å²) in [5.41, 5.74) is 3.23. The fraction of sp³-hybridized carbons (Fsp3) is 0.263. The fourth-order valence-electron chi connectivity index (χ4n) is 2.06. The zero-order valence-electron chi connectivity index (χ0n) is 13.2. The number of carbonyl (C=O) groups excluding carboxylic acids is 2. The standard InChI is InChI=1S/C19H21NO3/c1-15-7-9-16(10-8-15)11-12-18(21)20-13-19(22)23-14-17-5-3-2-4-6-17/h2-10H,11-14H2,1H3,(H,20,21). The lowest BCUT2D eigenvalue weighted by Crippen LogP contribution is -2.30. The van der Waals surface area contributed by atoms with Crippen LogP contribution in [0.2, 0.25) is 0 Å². The number of rotatable bonds is 7. The van der Waals surface area contributed by atoms with Gasteiger partial charge in [-0.2, -0.15) is 0 Å². The monoisotopic (exact) mass is 311 g/mol. The Morgan fingerprint density at radius 2 is 1.65 bits per heavy atom. The van der Waals surface area contributed by atoms with Crippen LogP contribution in [0.3, 0.4) is 0 Å². The molecule has 0 saturated carbocycles. The summed E-state index contributed by atoms with van der Waals surface area (Å²) >= 11 is 0. The summed E-state index contributed by atoms with van der Waals surface area (Å²) < 4.78 is 5.10. The van der Waals surface area contributed by atoms with E-state index in [0.29, 0.717) is 12.8 Å². The van der Waals surface area contributed by atoms with Crippen LogP contribution < -0.4 is 5.32 Å². The highest BCUT2D eigenvalue weighted by atomic mass is 16.5. The fourth-order valence-corrected chi connectivity index (χ4v) is 2.06. The number of amides is 1. The van der Waals surface area contributed by atoms with Gasteiger partial charge in [0.2, 0.25) is 5.91 Å². The molecule has 4 nitrogen and oxygen atoms in total. The molecule has 0 heterocycles. The van der Waals surface area contributed by atoms with Gasteiger partial charge in [-0.1, -0.05) is 60.2 Å². The van der Waals surface area contributed by atoms with Gasteiger partial charge < -0.3 is 10.1 Å². The first-order chi connectivity index (χ1) is 11.1. The molecule has 2 rings (SSSR count). The number of ether oxygens (including phenoxy) is 1. The highest BCUT2D eigenvalue weighted by Crippen LogP contribution is 2.05. The second-order valence-corrected chi connectivity index (χ2v) is 5.41. The highest BCUT2D eigenvalue weighted by molar-refractivity contribution is 5.82. The number of esters is 1. The molecule has 23 heavy (non-hydrogen) atoms. The van der Waals surface area contributed by atoms with Gasteiger partial charge in [0.15, 0.2) is 0 Å². The maximum absolute atomic E-state index is 11.7. The molecule has 0 aliphatic carbocycles. The Labute approximate surface area is 136 Å².